The Hall–Kier alpha value is -2.57. The molecule has 0 aliphatic carbocycles. The molecule has 2 aromatic rings. The van der Waals surface area contributed by atoms with Gasteiger partial charge in [0.25, 0.3) is 0 Å². The van der Waals surface area contributed by atoms with Gasteiger partial charge in [-0.25, -0.2) is 0 Å². The predicted molar refractivity (Wildman–Crippen MR) is 79.1 cm³/mol. The van der Waals surface area contributed by atoms with Crippen LogP contribution in [-0.4, -0.2) is 42.8 Å². The molecule has 7 heteroatoms. The summed E-state index contributed by atoms with van der Waals surface area (Å²) in [4.78, 5) is 12.8. The van der Waals surface area contributed by atoms with E-state index >= 15 is 0 Å². The summed E-state index contributed by atoms with van der Waals surface area (Å²) in [5, 5.41) is 3.04. The van der Waals surface area contributed by atoms with E-state index in [1.807, 2.05) is 19.1 Å². The third-order valence-electron chi connectivity index (χ3n) is 2.78. The van der Waals surface area contributed by atoms with Crippen molar-refractivity contribution in [3.05, 3.63) is 18.2 Å². The molecule has 0 saturated heterocycles. The summed E-state index contributed by atoms with van der Waals surface area (Å²) in [7, 11) is 4.70. The summed E-state index contributed by atoms with van der Waals surface area (Å²) in [6.07, 6.45) is 0. The normalized spacial score (nSPS) is 10.1. The summed E-state index contributed by atoms with van der Waals surface area (Å²) in [5.74, 6) is 2.24. The van der Waals surface area contributed by atoms with Crippen LogP contribution in [0, 0.1) is 0 Å². The van der Waals surface area contributed by atoms with E-state index in [1.165, 1.54) is 7.11 Å². The number of anilines is 1. The molecular weight excluding hydrogens is 272 g/mol. The second kappa shape index (κ2) is 6.74. The number of hydrogen-bond donors (Lipinski definition) is 1. The van der Waals surface area contributed by atoms with Gasteiger partial charge in [0.05, 0.1) is 26.9 Å². The fraction of sp³-hybridized carbons (Fsp3) is 0.357. The molecule has 7 nitrogen and oxygen atoms in total. The summed E-state index contributed by atoms with van der Waals surface area (Å²) in [5.41, 5.74) is 0.734. The molecule has 0 fully saturated rings. The maximum Gasteiger partial charge on any atom is 0.321 e. The molecule has 0 aliphatic heterocycles. The third-order valence-corrected chi connectivity index (χ3v) is 2.78. The van der Waals surface area contributed by atoms with Crippen LogP contribution in [0.25, 0.3) is 11.4 Å². The highest BCUT2D eigenvalue weighted by Gasteiger charge is 2.14. The first kappa shape index (κ1) is 14.8. The second-order valence-corrected chi connectivity index (χ2v) is 4.07. The summed E-state index contributed by atoms with van der Waals surface area (Å²) < 4.78 is 15.7. The zero-order valence-corrected chi connectivity index (χ0v) is 12.5. The van der Waals surface area contributed by atoms with Crippen molar-refractivity contribution in [2.24, 2.45) is 0 Å². The molecule has 2 rings (SSSR count). The number of methoxy groups -OCH3 is 3. The average molecular weight is 290 g/mol. The van der Waals surface area contributed by atoms with Crippen molar-refractivity contribution in [1.29, 1.82) is 0 Å². The maximum atomic E-state index is 5.37. The number of nitrogens with one attached hydrogen (secondary N) is 1. The van der Waals surface area contributed by atoms with Crippen LogP contribution in [0.5, 0.6) is 17.5 Å². The molecule has 112 valence electrons. The Morgan fingerprint density at radius 3 is 2.43 bits per heavy atom. The molecule has 0 saturated carbocycles. The molecule has 21 heavy (non-hydrogen) atoms. The number of ether oxygens (including phenoxy) is 3. The van der Waals surface area contributed by atoms with Crippen molar-refractivity contribution in [2.45, 2.75) is 6.92 Å². The number of nitrogens with zero attached hydrogens (tertiary/aromatic N) is 3. The van der Waals surface area contributed by atoms with E-state index in [1.54, 1.807) is 20.3 Å². The molecule has 0 spiro atoms. The molecule has 0 amide bonds. The highest BCUT2D eigenvalue weighted by atomic mass is 16.5. The summed E-state index contributed by atoms with van der Waals surface area (Å²) in [6, 6.07) is 5.68. The topological polar surface area (TPSA) is 78.4 Å². The maximum absolute atomic E-state index is 5.37. The van der Waals surface area contributed by atoms with Gasteiger partial charge in [0.15, 0.2) is 5.82 Å². The second-order valence-electron chi connectivity index (χ2n) is 4.07. The SMILES string of the molecule is CCNc1nc(OC)nc(-c2ccc(OC)cc2OC)n1. The van der Waals surface area contributed by atoms with Gasteiger partial charge in [-0.3, -0.25) is 0 Å². The summed E-state index contributed by atoms with van der Waals surface area (Å²) in [6.45, 7) is 2.66. The van der Waals surface area contributed by atoms with E-state index in [2.05, 4.69) is 20.3 Å². The molecule has 0 atom stereocenters. The number of hydrogen-bond acceptors (Lipinski definition) is 7. The molecule has 0 bridgehead atoms. The zero-order valence-electron chi connectivity index (χ0n) is 12.5. The molecule has 1 aromatic heterocycles. The van der Waals surface area contributed by atoms with Gasteiger partial charge in [-0.2, -0.15) is 15.0 Å². The first-order valence-electron chi connectivity index (χ1n) is 6.48. The van der Waals surface area contributed by atoms with E-state index in [4.69, 9.17) is 14.2 Å². The average Bonchev–Trinajstić information content (AvgIpc) is 2.54. The van der Waals surface area contributed by atoms with Gasteiger partial charge in [-0.05, 0) is 19.1 Å². The highest BCUT2D eigenvalue weighted by Crippen LogP contribution is 2.32. The lowest BCUT2D eigenvalue weighted by Gasteiger charge is -2.11. The fourth-order valence-corrected chi connectivity index (χ4v) is 1.79. The largest absolute Gasteiger partial charge is 0.497 e. The first-order valence-corrected chi connectivity index (χ1v) is 6.48. The first-order chi connectivity index (χ1) is 10.2. The Kier molecular flexibility index (Phi) is 4.76. The number of benzene rings is 1. The van der Waals surface area contributed by atoms with Gasteiger partial charge in [-0.15, -0.1) is 0 Å². The minimum absolute atomic E-state index is 0.244. The molecule has 0 aliphatic rings. The van der Waals surface area contributed by atoms with Gasteiger partial charge in [0, 0.05) is 12.6 Å². The molecule has 0 unspecified atom stereocenters. The van der Waals surface area contributed by atoms with Gasteiger partial charge < -0.3 is 19.5 Å². The Morgan fingerprint density at radius 2 is 1.81 bits per heavy atom. The zero-order chi connectivity index (χ0) is 15.2. The Bertz CT molecular complexity index is 619. The van der Waals surface area contributed by atoms with Crippen LogP contribution in [0.3, 0.4) is 0 Å². The van der Waals surface area contributed by atoms with E-state index in [-0.39, 0.29) is 6.01 Å². The van der Waals surface area contributed by atoms with Crippen molar-refractivity contribution in [1.82, 2.24) is 15.0 Å². The van der Waals surface area contributed by atoms with Crippen molar-refractivity contribution in [3.8, 4) is 28.9 Å². The quantitative estimate of drug-likeness (QED) is 0.871. The van der Waals surface area contributed by atoms with E-state index < -0.39 is 0 Å². The van der Waals surface area contributed by atoms with Gasteiger partial charge in [0.2, 0.25) is 5.95 Å². The standard InChI is InChI=1S/C14H18N4O3/c1-5-15-13-16-12(17-14(18-13)21-4)10-7-6-9(19-2)8-11(10)20-3/h6-8H,5H2,1-4H3,(H,15,16,17,18). The van der Waals surface area contributed by atoms with Gasteiger partial charge >= 0.3 is 6.01 Å². The van der Waals surface area contributed by atoms with Gasteiger partial charge in [0.1, 0.15) is 11.5 Å². The molecular formula is C14H18N4O3. The fourth-order valence-electron chi connectivity index (χ4n) is 1.79. The molecule has 1 N–H and O–H groups in total. The predicted octanol–water partition coefficient (Wildman–Crippen LogP) is 2.00. The molecule has 1 aromatic carbocycles. The van der Waals surface area contributed by atoms with Gasteiger partial charge in [-0.1, -0.05) is 0 Å². The summed E-state index contributed by atoms with van der Waals surface area (Å²) >= 11 is 0. The Morgan fingerprint density at radius 1 is 1.00 bits per heavy atom. The van der Waals surface area contributed by atoms with Crippen LogP contribution >= 0.6 is 0 Å². The number of rotatable bonds is 6. The lowest BCUT2D eigenvalue weighted by molar-refractivity contribution is 0.379. The highest BCUT2D eigenvalue weighted by molar-refractivity contribution is 5.66. The minimum Gasteiger partial charge on any atom is -0.497 e. The van der Waals surface area contributed by atoms with Crippen LogP contribution in [0.1, 0.15) is 6.92 Å². The van der Waals surface area contributed by atoms with Crippen LogP contribution in [-0.2, 0) is 0 Å². The van der Waals surface area contributed by atoms with Crippen LogP contribution in [0.2, 0.25) is 0 Å². The van der Waals surface area contributed by atoms with Crippen LogP contribution in [0.4, 0.5) is 5.95 Å². The Balaban J connectivity index is 2.52. The smallest absolute Gasteiger partial charge is 0.321 e. The van der Waals surface area contributed by atoms with Crippen molar-refractivity contribution < 1.29 is 14.2 Å². The Labute approximate surface area is 123 Å². The van der Waals surface area contributed by atoms with E-state index in [0.29, 0.717) is 29.8 Å². The van der Waals surface area contributed by atoms with Crippen LogP contribution < -0.4 is 19.5 Å². The van der Waals surface area contributed by atoms with Crippen LogP contribution in [0.15, 0.2) is 18.2 Å². The lowest BCUT2D eigenvalue weighted by Crippen LogP contribution is -2.06. The molecule has 1 heterocycles. The van der Waals surface area contributed by atoms with E-state index in [0.717, 1.165) is 5.56 Å². The van der Waals surface area contributed by atoms with Crippen molar-refractivity contribution in [3.63, 3.8) is 0 Å². The molecule has 0 radical (unpaired) electrons. The monoisotopic (exact) mass is 290 g/mol. The van der Waals surface area contributed by atoms with Crippen molar-refractivity contribution in [2.75, 3.05) is 33.2 Å². The lowest BCUT2D eigenvalue weighted by atomic mass is 10.2. The number of aromatic nitrogens is 3. The van der Waals surface area contributed by atoms with E-state index in [9.17, 15) is 0 Å². The third kappa shape index (κ3) is 3.31. The van der Waals surface area contributed by atoms with Crippen molar-refractivity contribution >= 4 is 5.95 Å². The minimum atomic E-state index is 0.244.